The predicted molar refractivity (Wildman–Crippen MR) is 72.4 cm³/mol. The smallest absolute Gasteiger partial charge is 0.151 e. The van der Waals surface area contributed by atoms with Gasteiger partial charge in [-0.25, -0.2) is 9.50 Å². The number of nitrogen functional groups attached to an aromatic ring is 1. The number of fused-ring (bicyclic) bond motifs is 1. The molecule has 0 radical (unpaired) electrons. The van der Waals surface area contributed by atoms with Crippen molar-refractivity contribution in [2.45, 2.75) is 30.1 Å². The number of aromatic nitrogens is 3. The highest BCUT2D eigenvalue weighted by Crippen LogP contribution is 2.46. The molecule has 1 aliphatic rings. The standard InChI is InChI=1S/C12H15ClN4O3/c1-12(13)9(19)8(4-18)20-10(12)6-2-3-7-11(14)15-5-16-17(6)7/h2-3,5,8-10,18-19H,4H2,1H3,(H2,14,15,16). The van der Waals surface area contributed by atoms with Crippen LogP contribution in [-0.4, -0.2) is 48.5 Å². The average Bonchev–Trinajstić information content (AvgIpc) is 2.92. The maximum absolute atomic E-state index is 10.1. The SMILES string of the molecule is CC1(Cl)C(c2ccc3c(N)ncnn23)OC(CO)C1O. The molecular formula is C12H15ClN4O3. The fourth-order valence-electron chi connectivity index (χ4n) is 2.57. The number of hydrogen-bond acceptors (Lipinski definition) is 6. The van der Waals surface area contributed by atoms with Gasteiger partial charge in [-0.3, -0.25) is 0 Å². The van der Waals surface area contributed by atoms with Gasteiger partial charge in [-0.1, -0.05) is 0 Å². The molecule has 0 bridgehead atoms. The molecule has 0 spiro atoms. The number of aliphatic hydroxyl groups is 2. The Balaban J connectivity index is 2.10. The maximum atomic E-state index is 10.1. The second-order valence-corrected chi connectivity index (χ2v) is 5.85. The lowest BCUT2D eigenvalue weighted by molar-refractivity contribution is -0.0240. The van der Waals surface area contributed by atoms with Crippen LogP contribution in [0.5, 0.6) is 0 Å². The minimum Gasteiger partial charge on any atom is -0.394 e. The Bertz CT molecular complexity index is 645. The first-order valence-electron chi connectivity index (χ1n) is 6.18. The van der Waals surface area contributed by atoms with Crippen molar-refractivity contribution in [1.82, 2.24) is 14.6 Å². The summed E-state index contributed by atoms with van der Waals surface area (Å²) in [5.41, 5.74) is 7.08. The Hall–Kier alpha value is -1.41. The van der Waals surface area contributed by atoms with E-state index in [1.165, 1.54) is 6.33 Å². The molecule has 7 nitrogen and oxygen atoms in total. The molecule has 3 heterocycles. The number of ether oxygens (including phenoxy) is 1. The number of nitrogens with zero attached hydrogens (tertiary/aromatic N) is 3. The first-order valence-corrected chi connectivity index (χ1v) is 6.56. The summed E-state index contributed by atoms with van der Waals surface area (Å²) in [7, 11) is 0. The van der Waals surface area contributed by atoms with Crippen LogP contribution in [0.15, 0.2) is 18.5 Å². The van der Waals surface area contributed by atoms with E-state index in [1.807, 2.05) is 0 Å². The molecule has 4 atom stereocenters. The highest BCUT2D eigenvalue weighted by Gasteiger charge is 2.53. The third kappa shape index (κ3) is 1.78. The minimum atomic E-state index is -1.07. The molecule has 0 saturated carbocycles. The molecule has 8 heteroatoms. The monoisotopic (exact) mass is 298 g/mol. The van der Waals surface area contributed by atoms with E-state index >= 15 is 0 Å². The van der Waals surface area contributed by atoms with Gasteiger partial charge in [0.2, 0.25) is 0 Å². The fraction of sp³-hybridized carbons (Fsp3) is 0.500. The molecule has 4 unspecified atom stereocenters. The summed E-state index contributed by atoms with van der Waals surface area (Å²) >= 11 is 6.42. The summed E-state index contributed by atoms with van der Waals surface area (Å²) in [6.07, 6.45) is -0.990. The van der Waals surface area contributed by atoms with Crippen LogP contribution in [0.2, 0.25) is 0 Å². The minimum absolute atomic E-state index is 0.305. The Morgan fingerprint density at radius 2 is 2.30 bits per heavy atom. The van der Waals surface area contributed by atoms with Crippen molar-refractivity contribution in [3.63, 3.8) is 0 Å². The number of alkyl halides is 1. The molecule has 2 aromatic heterocycles. The Morgan fingerprint density at radius 1 is 1.55 bits per heavy atom. The number of anilines is 1. The molecular weight excluding hydrogens is 284 g/mol. The summed E-state index contributed by atoms with van der Waals surface area (Å²) in [5.74, 6) is 0.347. The largest absolute Gasteiger partial charge is 0.394 e. The van der Waals surface area contributed by atoms with E-state index in [9.17, 15) is 10.2 Å². The van der Waals surface area contributed by atoms with Gasteiger partial charge < -0.3 is 20.7 Å². The first-order chi connectivity index (χ1) is 9.46. The predicted octanol–water partition coefficient (Wildman–Crippen LogP) is 0.102. The zero-order valence-electron chi connectivity index (χ0n) is 10.8. The molecule has 4 N–H and O–H groups in total. The average molecular weight is 299 g/mol. The molecule has 0 aromatic carbocycles. The van der Waals surface area contributed by atoms with Crippen LogP contribution in [0, 0.1) is 0 Å². The van der Waals surface area contributed by atoms with Crippen molar-refractivity contribution in [2.24, 2.45) is 0 Å². The number of halogens is 1. The van der Waals surface area contributed by atoms with Crippen LogP contribution in [-0.2, 0) is 4.74 Å². The molecule has 2 aromatic rings. The van der Waals surface area contributed by atoms with E-state index < -0.39 is 23.2 Å². The van der Waals surface area contributed by atoms with Crippen LogP contribution in [0.4, 0.5) is 5.82 Å². The fourth-order valence-corrected chi connectivity index (χ4v) is 2.88. The zero-order valence-corrected chi connectivity index (χ0v) is 11.5. The van der Waals surface area contributed by atoms with E-state index in [-0.39, 0.29) is 6.61 Å². The first kappa shape index (κ1) is 13.6. The van der Waals surface area contributed by atoms with Gasteiger partial charge in [0.1, 0.15) is 35.0 Å². The highest BCUT2D eigenvalue weighted by molar-refractivity contribution is 6.24. The zero-order chi connectivity index (χ0) is 14.5. The maximum Gasteiger partial charge on any atom is 0.151 e. The lowest BCUT2D eigenvalue weighted by Crippen LogP contribution is -2.38. The Labute approximate surface area is 119 Å². The topological polar surface area (TPSA) is 106 Å². The third-order valence-electron chi connectivity index (χ3n) is 3.71. The molecule has 20 heavy (non-hydrogen) atoms. The van der Waals surface area contributed by atoms with Crippen LogP contribution in [0.3, 0.4) is 0 Å². The number of aliphatic hydroxyl groups excluding tert-OH is 2. The lowest BCUT2D eigenvalue weighted by atomic mass is 9.95. The van der Waals surface area contributed by atoms with Crippen molar-refractivity contribution in [3.8, 4) is 0 Å². The number of hydrogen-bond donors (Lipinski definition) is 3. The molecule has 0 amide bonds. The van der Waals surface area contributed by atoms with Crippen molar-refractivity contribution in [2.75, 3.05) is 12.3 Å². The number of nitrogens with two attached hydrogens (primary N) is 1. The van der Waals surface area contributed by atoms with Crippen molar-refractivity contribution in [3.05, 3.63) is 24.2 Å². The van der Waals surface area contributed by atoms with E-state index in [0.717, 1.165) is 0 Å². The third-order valence-corrected chi connectivity index (χ3v) is 4.14. The Kier molecular flexibility index (Phi) is 3.09. The van der Waals surface area contributed by atoms with E-state index in [1.54, 1.807) is 23.6 Å². The van der Waals surface area contributed by atoms with E-state index in [0.29, 0.717) is 17.0 Å². The van der Waals surface area contributed by atoms with Gasteiger partial charge >= 0.3 is 0 Å². The van der Waals surface area contributed by atoms with Gasteiger partial charge in [0.25, 0.3) is 0 Å². The van der Waals surface area contributed by atoms with Gasteiger partial charge in [-0.15, -0.1) is 11.6 Å². The molecule has 108 valence electrons. The summed E-state index contributed by atoms with van der Waals surface area (Å²) in [6, 6.07) is 3.54. The highest BCUT2D eigenvalue weighted by atomic mass is 35.5. The Morgan fingerprint density at radius 3 is 2.95 bits per heavy atom. The van der Waals surface area contributed by atoms with Crippen LogP contribution < -0.4 is 5.73 Å². The van der Waals surface area contributed by atoms with Crippen molar-refractivity contribution >= 4 is 22.9 Å². The summed E-state index contributed by atoms with van der Waals surface area (Å²) < 4.78 is 7.26. The number of rotatable bonds is 2. The molecule has 0 aliphatic carbocycles. The normalized spacial score (nSPS) is 33.9. The molecule has 1 aliphatic heterocycles. The molecule has 3 rings (SSSR count). The second-order valence-electron chi connectivity index (χ2n) is 5.03. The molecule has 1 fully saturated rings. The quantitative estimate of drug-likeness (QED) is 0.679. The van der Waals surface area contributed by atoms with Gasteiger partial charge in [-0.05, 0) is 19.1 Å². The van der Waals surface area contributed by atoms with Gasteiger partial charge in [0.05, 0.1) is 12.3 Å². The van der Waals surface area contributed by atoms with Gasteiger partial charge in [0, 0.05) is 0 Å². The molecule has 1 saturated heterocycles. The summed E-state index contributed by atoms with van der Waals surface area (Å²) in [5, 5.41) is 23.5. The lowest BCUT2D eigenvalue weighted by Gasteiger charge is -2.25. The van der Waals surface area contributed by atoms with Crippen molar-refractivity contribution in [1.29, 1.82) is 0 Å². The van der Waals surface area contributed by atoms with E-state index in [2.05, 4.69) is 10.1 Å². The summed E-state index contributed by atoms with van der Waals surface area (Å²) in [6.45, 7) is 1.36. The van der Waals surface area contributed by atoms with E-state index in [4.69, 9.17) is 22.1 Å². The second kappa shape index (κ2) is 4.56. The van der Waals surface area contributed by atoms with Crippen LogP contribution >= 0.6 is 11.6 Å². The van der Waals surface area contributed by atoms with Crippen LogP contribution in [0.25, 0.3) is 5.52 Å². The van der Waals surface area contributed by atoms with Crippen molar-refractivity contribution < 1.29 is 14.9 Å². The van der Waals surface area contributed by atoms with Gasteiger partial charge in [0.15, 0.2) is 5.82 Å². The van der Waals surface area contributed by atoms with Crippen LogP contribution in [0.1, 0.15) is 18.7 Å². The summed E-state index contributed by atoms with van der Waals surface area (Å²) in [4.78, 5) is 2.84. The van der Waals surface area contributed by atoms with Gasteiger partial charge in [-0.2, -0.15) is 5.10 Å².